The van der Waals surface area contributed by atoms with Gasteiger partial charge in [0.1, 0.15) is 35.4 Å². The number of carbonyl (C=O) groups excluding carboxylic acids is 4. The van der Waals surface area contributed by atoms with Crippen LogP contribution in [-0.2, 0) is 54.8 Å². The molecule has 0 aliphatic carbocycles. The van der Waals surface area contributed by atoms with E-state index in [1.807, 2.05) is 12.1 Å². The third-order valence-electron chi connectivity index (χ3n) is 16.0. The third kappa shape index (κ3) is 12.9. The van der Waals surface area contributed by atoms with Crippen LogP contribution in [0.2, 0.25) is 0 Å². The number of piperidine rings is 2. The van der Waals surface area contributed by atoms with E-state index in [0.29, 0.717) is 74.6 Å². The van der Waals surface area contributed by atoms with E-state index in [-0.39, 0.29) is 73.3 Å². The van der Waals surface area contributed by atoms with Crippen molar-refractivity contribution in [1.29, 1.82) is 0 Å². The molecule has 12 rings (SSSR count). The van der Waals surface area contributed by atoms with Crippen LogP contribution in [0.3, 0.4) is 0 Å². The Morgan fingerprint density at radius 3 is 1.54 bits per heavy atom. The lowest BCUT2D eigenvalue weighted by molar-refractivity contribution is -0.137. The van der Waals surface area contributed by atoms with Gasteiger partial charge in [0.2, 0.25) is 23.6 Å². The third-order valence-corrected chi connectivity index (χ3v) is 16.0. The number of fused-ring (bicyclic) bond motifs is 2. The summed E-state index contributed by atoms with van der Waals surface area (Å²) in [7, 11) is 0. The molecule has 6 fully saturated rings. The highest BCUT2D eigenvalue weighted by molar-refractivity contribution is 6.00. The molecule has 4 aromatic carbocycles. The van der Waals surface area contributed by atoms with Crippen molar-refractivity contribution in [3.63, 3.8) is 0 Å². The van der Waals surface area contributed by atoms with Gasteiger partial charge in [-0.05, 0) is 74.2 Å². The summed E-state index contributed by atoms with van der Waals surface area (Å²) >= 11 is 0. The Balaban J connectivity index is 0.000000151. The molecule has 6 saturated heterocycles. The number of carbonyl (C=O) groups is 4. The number of aromatic nitrogens is 4. The molecule has 6 aliphatic heterocycles. The average Bonchev–Trinajstić information content (AvgIpc) is 3.54. The smallest absolute Gasteiger partial charge is 0.264 e. The van der Waals surface area contributed by atoms with Crippen molar-refractivity contribution in [2.24, 2.45) is 5.73 Å². The number of morpholine rings is 2. The van der Waals surface area contributed by atoms with Crippen molar-refractivity contribution >= 4 is 56.8 Å². The van der Waals surface area contributed by atoms with Gasteiger partial charge < -0.3 is 26.3 Å². The number of ether oxygens (including phenoxy) is 2. The molecule has 6 aliphatic rings. The number of nitrogens with two attached hydrogens (primary N) is 2. The minimum Gasteiger partial charge on any atom is -0.398 e. The quantitative estimate of drug-likeness (QED) is 0.0872. The molecule has 2 aromatic heterocycles. The summed E-state index contributed by atoms with van der Waals surface area (Å²) in [6, 6.07) is 20.7. The first kappa shape index (κ1) is 56.9. The SMILES string of the molecule is Cc1nc2cccc(N)c2c(=O)n1C1CCC(=O)NC1=O.Cc1nc2cccc(NCc3ccc(CN4CC(N5CCOCC5)C4)cc3F)c2c(=O)n1C1CCC(=O)NC1=O.NCc1ccc(CN2CC(N3CCOCC3)C2)cc1F. The van der Waals surface area contributed by atoms with Crippen LogP contribution in [0.25, 0.3) is 21.8 Å². The largest absolute Gasteiger partial charge is 0.398 e. The predicted molar refractivity (Wildman–Crippen MR) is 300 cm³/mol. The maximum absolute atomic E-state index is 15.1. The maximum atomic E-state index is 15.1. The number of aryl methyl sites for hydroxylation is 2. The van der Waals surface area contributed by atoms with E-state index < -0.39 is 23.9 Å². The van der Waals surface area contributed by atoms with Crippen molar-refractivity contribution in [3.05, 3.63) is 139 Å². The lowest BCUT2D eigenvalue weighted by Crippen LogP contribution is -2.60. The van der Waals surface area contributed by atoms with Gasteiger partial charge in [-0.1, -0.05) is 36.4 Å². The van der Waals surface area contributed by atoms with Crippen LogP contribution >= 0.6 is 0 Å². The minimum absolute atomic E-state index is 0.154. The Hall–Kier alpha value is -7.38. The Morgan fingerprint density at radius 2 is 1.07 bits per heavy atom. The number of nitrogens with one attached hydrogen (secondary N) is 3. The number of hydrogen-bond donors (Lipinski definition) is 5. The standard InChI is InChI=1S/C29H33FN6O4.C15H22FN3O.C14H14N4O3/c1-18-32-24-4-2-3-23(27(24)29(39)36(18)25-7-8-26(37)33-28(25)38)31-14-20-6-5-19(13-22(20)30)15-34-16-21(17-34)35-9-11-40-12-10-35;16-15-7-12(1-2-13(15)8-17)9-18-10-14(11-18)19-3-5-20-6-4-19;1-7-16-9-4-2-3-8(15)12(9)14(21)18(7)10-5-6-11(19)17-13(10)20/h2-6,13,21,25,31H,7-12,14-17H2,1H3,(H,33,37,38);1-2,7,14H,3-6,8-11,17H2;2-4,10H,5-6,15H2,1H3,(H,17,19,20). The van der Waals surface area contributed by atoms with Gasteiger partial charge in [0.25, 0.3) is 11.1 Å². The van der Waals surface area contributed by atoms with Crippen LogP contribution in [0.1, 0.15) is 71.7 Å². The molecule has 0 radical (unpaired) electrons. The Kier molecular flexibility index (Phi) is 17.7. The molecule has 21 nitrogen and oxygen atoms in total. The first-order chi connectivity index (χ1) is 39.1. The molecule has 428 valence electrons. The fourth-order valence-electron chi connectivity index (χ4n) is 11.6. The van der Waals surface area contributed by atoms with Crippen LogP contribution in [-0.4, -0.2) is 153 Å². The Morgan fingerprint density at radius 1 is 0.617 bits per heavy atom. The molecule has 81 heavy (non-hydrogen) atoms. The normalized spacial score (nSPS) is 20.6. The lowest BCUT2D eigenvalue weighted by Gasteiger charge is -2.46. The van der Waals surface area contributed by atoms with Gasteiger partial charge in [0, 0.05) is 126 Å². The van der Waals surface area contributed by atoms with Crippen LogP contribution in [0.15, 0.2) is 82.4 Å². The van der Waals surface area contributed by atoms with E-state index in [1.54, 1.807) is 74.5 Å². The van der Waals surface area contributed by atoms with E-state index in [0.717, 1.165) is 96.5 Å². The van der Waals surface area contributed by atoms with Gasteiger partial charge >= 0.3 is 0 Å². The number of hydrogen-bond acceptors (Lipinski definition) is 17. The molecule has 0 bridgehead atoms. The lowest BCUT2D eigenvalue weighted by atomic mass is 10.0. The second kappa shape index (κ2) is 25.2. The maximum Gasteiger partial charge on any atom is 0.264 e. The van der Waals surface area contributed by atoms with Crippen LogP contribution in [0, 0.1) is 25.5 Å². The fourth-order valence-corrected chi connectivity index (χ4v) is 11.6. The number of nitrogen functional groups attached to an aromatic ring is 1. The minimum atomic E-state index is -0.810. The fraction of sp³-hybridized carbons (Fsp3) is 0.448. The van der Waals surface area contributed by atoms with Crippen molar-refractivity contribution in [2.75, 3.05) is 89.8 Å². The highest BCUT2D eigenvalue weighted by Gasteiger charge is 2.35. The first-order valence-electron chi connectivity index (χ1n) is 27.7. The molecule has 8 heterocycles. The molecule has 4 amide bonds. The second-order valence-electron chi connectivity index (χ2n) is 21.4. The van der Waals surface area contributed by atoms with E-state index in [4.69, 9.17) is 20.9 Å². The number of halogens is 2. The number of benzene rings is 4. The molecule has 2 atom stereocenters. The number of anilines is 2. The highest BCUT2D eigenvalue weighted by atomic mass is 19.1. The number of nitrogens with zero attached hydrogens (tertiary/aromatic N) is 8. The zero-order chi connectivity index (χ0) is 56.9. The number of likely N-dealkylation sites (tertiary alicyclic amines) is 2. The summed E-state index contributed by atoms with van der Waals surface area (Å²) in [6.07, 6.45) is 0.870. The van der Waals surface area contributed by atoms with E-state index in [2.05, 4.69) is 45.5 Å². The van der Waals surface area contributed by atoms with Crippen molar-refractivity contribution in [3.8, 4) is 0 Å². The summed E-state index contributed by atoms with van der Waals surface area (Å²) in [5, 5.41) is 8.38. The topological polar surface area (TPSA) is 258 Å². The molecule has 0 spiro atoms. The average molecular weight is 1110 g/mol. The summed E-state index contributed by atoms with van der Waals surface area (Å²) in [5.41, 5.74) is 15.4. The van der Waals surface area contributed by atoms with Crippen LogP contribution < -0.4 is 38.5 Å². The van der Waals surface area contributed by atoms with E-state index in [9.17, 15) is 33.2 Å². The van der Waals surface area contributed by atoms with Gasteiger partial charge in [0.15, 0.2) is 0 Å². The number of rotatable bonds is 12. The monoisotopic (exact) mass is 1110 g/mol. The molecular formula is C58H69F2N13O8. The summed E-state index contributed by atoms with van der Waals surface area (Å²) in [6.45, 7) is 16.7. The second-order valence-corrected chi connectivity index (χ2v) is 21.4. The molecule has 2 unspecified atom stereocenters. The zero-order valence-corrected chi connectivity index (χ0v) is 45.6. The van der Waals surface area contributed by atoms with E-state index >= 15 is 4.39 Å². The number of amides is 4. The molecule has 23 heteroatoms. The highest BCUT2D eigenvalue weighted by Crippen LogP contribution is 2.27. The molecular weight excluding hydrogens is 1040 g/mol. The molecule has 7 N–H and O–H groups in total. The van der Waals surface area contributed by atoms with Crippen LogP contribution in [0.4, 0.5) is 20.2 Å². The van der Waals surface area contributed by atoms with Crippen molar-refractivity contribution in [2.45, 2.75) is 89.9 Å². The summed E-state index contributed by atoms with van der Waals surface area (Å²) < 4.78 is 42.2. The van der Waals surface area contributed by atoms with Crippen molar-refractivity contribution in [1.82, 2.24) is 49.3 Å². The number of imide groups is 2. The van der Waals surface area contributed by atoms with Crippen molar-refractivity contribution < 1.29 is 37.4 Å². The van der Waals surface area contributed by atoms with E-state index in [1.165, 1.54) is 9.13 Å². The van der Waals surface area contributed by atoms with Gasteiger partial charge in [-0.15, -0.1) is 0 Å². The Bertz CT molecular complexity index is 3460. The zero-order valence-electron chi connectivity index (χ0n) is 45.6. The van der Waals surface area contributed by atoms with Gasteiger partial charge in [0.05, 0.1) is 48.2 Å². The van der Waals surface area contributed by atoms with Gasteiger partial charge in [-0.3, -0.25) is 68.1 Å². The summed E-state index contributed by atoms with van der Waals surface area (Å²) in [4.78, 5) is 92.2. The first-order valence-corrected chi connectivity index (χ1v) is 27.7. The Labute approximate surface area is 466 Å². The molecule has 6 aromatic rings. The van der Waals surface area contributed by atoms with Crippen LogP contribution in [0.5, 0.6) is 0 Å². The van der Waals surface area contributed by atoms with Gasteiger partial charge in [-0.2, -0.15) is 0 Å². The van der Waals surface area contributed by atoms with Gasteiger partial charge in [-0.25, -0.2) is 18.7 Å². The summed E-state index contributed by atoms with van der Waals surface area (Å²) in [5.74, 6) is -1.33. The predicted octanol–water partition coefficient (Wildman–Crippen LogP) is 3.02. The molecule has 0 saturated carbocycles.